The molecule has 1 aromatic carbocycles. The molecular formula is C15H23N3O4S. The molecule has 0 radical (unpaired) electrons. The molecule has 1 aromatic rings. The number of anilines is 1. The van der Waals surface area contributed by atoms with E-state index in [4.69, 9.17) is 9.88 Å². The molecule has 0 aromatic heterocycles. The Balaban J connectivity index is 1.92. The summed E-state index contributed by atoms with van der Waals surface area (Å²) in [7, 11) is -3.68. The van der Waals surface area contributed by atoms with Crippen molar-refractivity contribution in [3.05, 3.63) is 24.3 Å². The number of nitrogens with one attached hydrogen (secondary N) is 1. The third-order valence-corrected chi connectivity index (χ3v) is 4.32. The average molecular weight is 341 g/mol. The molecule has 7 nitrogen and oxygen atoms in total. The van der Waals surface area contributed by atoms with Crippen molar-refractivity contribution >= 4 is 21.8 Å². The fraction of sp³-hybridized carbons (Fsp3) is 0.533. The number of hydrogen-bond donors (Lipinski definition) is 2. The molecule has 1 fully saturated rings. The molecule has 1 aliphatic rings. The Bertz CT molecular complexity index is 665. The second-order valence-corrected chi connectivity index (χ2v) is 8.19. The van der Waals surface area contributed by atoms with Crippen LogP contribution in [0.3, 0.4) is 0 Å². The Labute approximate surface area is 136 Å². The summed E-state index contributed by atoms with van der Waals surface area (Å²) in [6.45, 7) is 6.69. The number of benzene rings is 1. The predicted octanol–water partition coefficient (Wildman–Crippen LogP) is 1.76. The van der Waals surface area contributed by atoms with Gasteiger partial charge in [-0.3, -0.25) is 0 Å². The van der Waals surface area contributed by atoms with Gasteiger partial charge >= 0.3 is 6.09 Å². The molecule has 1 atom stereocenters. The first-order valence-corrected chi connectivity index (χ1v) is 8.96. The highest BCUT2D eigenvalue weighted by Gasteiger charge is 2.29. The van der Waals surface area contributed by atoms with Crippen molar-refractivity contribution in [2.24, 2.45) is 5.14 Å². The van der Waals surface area contributed by atoms with Crippen LogP contribution in [0.25, 0.3) is 0 Å². The van der Waals surface area contributed by atoms with Crippen molar-refractivity contribution in [3.63, 3.8) is 0 Å². The summed E-state index contributed by atoms with van der Waals surface area (Å²) in [4.78, 5) is 13.8. The summed E-state index contributed by atoms with van der Waals surface area (Å²) in [5.74, 6) is 0. The molecular weight excluding hydrogens is 318 g/mol. The minimum Gasteiger partial charge on any atom is -0.444 e. The monoisotopic (exact) mass is 341 g/mol. The number of sulfonamides is 1. The van der Waals surface area contributed by atoms with Crippen LogP contribution in [0.2, 0.25) is 0 Å². The molecule has 0 spiro atoms. The Morgan fingerprint density at radius 1 is 1.30 bits per heavy atom. The SMILES string of the molecule is CC(C)(C)OC(=O)N1CCC(Nc2ccc(S(N)(=O)=O)cc2)C1. The molecule has 1 aliphatic heterocycles. The van der Waals surface area contributed by atoms with Gasteiger partial charge in [0, 0.05) is 24.8 Å². The summed E-state index contributed by atoms with van der Waals surface area (Å²) >= 11 is 0. The highest BCUT2D eigenvalue weighted by atomic mass is 32.2. The summed E-state index contributed by atoms with van der Waals surface area (Å²) in [5.41, 5.74) is 0.278. The van der Waals surface area contributed by atoms with Crippen LogP contribution in [0.5, 0.6) is 0 Å². The molecule has 1 heterocycles. The summed E-state index contributed by atoms with van der Waals surface area (Å²) < 4.78 is 27.8. The smallest absolute Gasteiger partial charge is 0.410 e. The van der Waals surface area contributed by atoms with Crippen molar-refractivity contribution < 1.29 is 17.9 Å². The maximum Gasteiger partial charge on any atom is 0.410 e. The number of carbonyl (C=O) groups excluding carboxylic acids is 1. The number of likely N-dealkylation sites (tertiary alicyclic amines) is 1. The molecule has 0 aliphatic carbocycles. The molecule has 3 N–H and O–H groups in total. The highest BCUT2D eigenvalue weighted by molar-refractivity contribution is 7.89. The van der Waals surface area contributed by atoms with E-state index < -0.39 is 15.6 Å². The van der Waals surface area contributed by atoms with Gasteiger partial charge in [0.1, 0.15) is 5.60 Å². The lowest BCUT2D eigenvalue weighted by Crippen LogP contribution is -2.36. The van der Waals surface area contributed by atoms with Crippen LogP contribution >= 0.6 is 0 Å². The van der Waals surface area contributed by atoms with Gasteiger partial charge in [-0.25, -0.2) is 18.4 Å². The predicted molar refractivity (Wildman–Crippen MR) is 87.6 cm³/mol. The summed E-state index contributed by atoms with van der Waals surface area (Å²) in [6.07, 6.45) is 0.488. The Kier molecular flexibility index (Phi) is 4.86. The average Bonchev–Trinajstić information content (AvgIpc) is 2.85. The van der Waals surface area contributed by atoms with E-state index in [1.165, 1.54) is 12.1 Å². The van der Waals surface area contributed by atoms with Crippen LogP contribution in [0, 0.1) is 0 Å². The fourth-order valence-corrected chi connectivity index (χ4v) is 2.86. The van der Waals surface area contributed by atoms with Crippen LogP contribution in [0.15, 0.2) is 29.2 Å². The van der Waals surface area contributed by atoms with Crippen LogP contribution in [-0.2, 0) is 14.8 Å². The van der Waals surface area contributed by atoms with Gasteiger partial charge in [0.2, 0.25) is 10.0 Å². The van der Waals surface area contributed by atoms with Crippen molar-refractivity contribution in [2.75, 3.05) is 18.4 Å². The lowest BCUT2D eigenvalue weighted by atomic mass is 10.2. The maximum absolute atomic E-state index is 12.0. The molecule has 1 saturated heterocycles. The van der Waals surface area contributed by atoms with Gasteiger partial charge in [0.25, 0.3) is 0 Å². The fourth-order valence-electron chi connectivity index (χ4n) is 2.35. The first-order valence-electron chi connectivity index (χ1n) is 7.42. The van der Waals surface area contributed by atoms with Gasteiger partial charge in [0.15, 0.2) is 0 Å². The second kappa shape index (κ2) is 6.37. The normalized spacial score (nSPS) is 18.8. The van der Waals surface area contributed by atoms with E-state index in [9.17, 15) is 13.2 Å². The molecule has 23 heavy (non-hydrogen) atoms. The van der Waals surface area contributed by atoms with Crippen LogP contribution in [-0.4, -0.2) is 44.1 Å². The zero-order valence-corrected chi connectivity index (χ0v) is 14.4. The Morgan fingerprint density at radius 2 is 1.91 bits per heavy atom. The standard InChI is InChI=1S/C15H23N3O4S/c1-15(2,3)22-14(19)18-9-8-12(10-18)17-11-4-6-13(7-5-11)23(16,20)21/h4-7,12,17H,8-10H2,1-3H3,(H2,16,20,21). The van der Waals surface area contributed by atoms with Crippen LogP contribution in [0.1, 0.15) is 27.2 Å². The lowest BCUT2D eigenvalue weighted by molar-refractivity contribution is 0.0293. The number of amides is 1. The van der Waals surface area contributed by atoms with E-state index in [0.717, 1.165) is 12.1 Å². The van der Waals surface area contributed by atoms with E-state index >= 15 is 0 Å². The number of nitrogens with two attached hydrogens (primary N) is 1. The van der Waals surface area contributed by atoms with Crippen molar-refractivity contribution in [2.45, 2.75) is 43.7 Å². The van der Waals surface area contributed by atoms with Gasteiger partial charge in [-0.2, -0.15) is 0 Å². The van der Waals surface area contributed by atoms with E-state index in [2.05, 4.69) is 5.32 Å². The number of primary sulfonamides is 1. The Morgan fingerprint density at radius 3 is 2.43 bits per heavy atom. The third kappa shape index (κ3) is 5.11. The van der Waals surface area contributed by atoms with Gasteiger partial charge < -0.3 is 15.0 Å². The van der Waals surface area contributed by atoms with Crippen molar-refractivity contribution in [1.29, 1.82) is 0 Å². The second-order valence-electron chi connectivity index (χ2n) is 6.63. The summed E-state index contributed by atoms with van der Waals surface area (Å²) in [6, 6.07) is 6.34. The molecule has 128 valence electrons. The van der Waals surface area contributed by atoms with E-state index in [1.807, 2.05) is 20.8 Å². The molecule has 1 unspecified atom stereocenters. The molecule has 8 heteroatoms. The van der Waals surface area contributed by atoms with E-state index in [0.29, 0.717) is 13.1 Å². The quantitative estimate of drug-likeness (QED) is 0.872. The number of nitrogens with zero attached hydrogens (tertiary/aromatic N) is 1. The van der Waals surface area contributed by atoms with Crippen LogP contribution < -0.4 is 10.5 Å². The number of hydrogen-bond acceptors (Lipinski definition) is 5. The first kappa shape index (κ1) is 17.6. The minimum absolute atomic E-state index is 0.0739. The van der Waals surface area contributed by atoms with Crippen molar-refractivity contribution in [1.82, 2.24) is 4.90 Å². The molecule has 0 saturated carbocycles. The van der Waals surface area contributed by atoms with Gasteiger partial charge in [-0.05, 0) is 51.5 Å². The first-order chi connectivity index (χ1) is 10.5. The number of rotatable bonds is 3. The molecule has 0 bridgehead atoms. The van der Waals surface area contributed by atoms with Crippen molar-refractivity contribution in [3.8, 4) is 0 Å². The summed E-state index contributed by atoms with van der Waals surface area (Å²) in [5, 5.41) is 8.35. The number of carbonyl (C=O) groups is 1. The molecule has 2 rings (SSSR count). The van der Waals surface area contributed by atoms with Gasteiger partial charge in [-0.15, -0.1) is 0 Å². The Hall–Kier alpha value is -1.80. The maximum atomic E-state index is 12.0. The topological polar surface area (TPSA) is 102 Å². The lowest BCUT2D eigenvalue weighted by Gasteiger charge is -2.24. The zero-order valence-electron chi connectivity index (χ0n) is 13.6. The zero-order chi connectivity index (χ0) is 17.3. The highest BCUT2D eigenvalue weighted by Crippen LogP contribution is 2.19. The third-order valence-electron chi connectivity index (χ3n) is 3.39. The van der Waals surface area contributed by atoms with Crippen LogP contribution in [0.4, 0.5) is 10.5 Å². The minimum atomic E-state index is -3.68. The van der Waals surface area contributed by atoms with Gasteiger partial charge in [0.05, 0.1) is 4.90 Å². The van der Waals surface area contributed by atoms with Gasteiger partial charge in [-0.1, -0.05) is 0 Å². The number of ether oxygens (including phenoxy) is 1. The van der Waals surface area contributed by atoms with E-state index in [1.54, 1.807) is 17.0 Å². The largest absolute Gasteiger partial charge is 0.444 e. The van der Waals surface area contributed by atoms with E-state index in [-0.39, 0.29) is 17.0 Å². The molecule has 1 amide bonds.